The monoisotopic (exact) mass is 208 g/mol. The molecule has 1 radical (unpaired) electrons. The summed E-state index contributed by atoms with van der Waals surface area (Å²) in [4.78, 5) is 18.0. The lowest BCUT2D eigenvalue weighted by Gasteiger charge is -2.00. The number of hydrogen-bond acceptors (Lipinski definition) is 2. The van der Waals surface area contributed by atoms with Crippen LogP contribution in [-0.4, -0.2) is 22.9 Å². The Balaban J connectivity index is 1.91. The van der Waals surface area contributed by atoms with Gasteiger partial charge in [0.15, 0.2) is 0 Å². The zero-order valence-electron chi connectivity index (χ0n) is 9.18. The van der Waals surface area contributed by atoms with E-state index in [9.17, 15) is 4.79 Å². The van der Waals surface area contributed by atoms with Crippen molar-refractivity contribution in [3.63, 3.8) is 0 Å². The average molecular weight is 208 g/mol. The number of amides is 1. The fraction of sp³-hybridized carbons (Fsp3) is 0.636. The molecule has 1 rings (SSSR count). The summed E-state index contributed by atoms with van der Waals surface area (Å²) in [6.45, 7) is 0. The van der Waals surface area contributed by atoms with Crippen LogP contribution in [0.3, 0.4) is 0 Å². The molecular weight excluding hydrogens is 190 g/mol. The molecule has 2 N–H and O–H groups in total. The van der Waals surface area contributed by atoms with Gasteiger partial charge in [0, 0.05) is 26.1 Å². The van der Waals surface area contributed by atoms with Crippen molar-refractivity contribution in [2.75, 3.05) is 7.05 Å². The Bertz CT molecular complexity index is 269. The molecule has 1 aromatic heterocycles. The number of carbonyl (C=O) groups is 1. The van der Waals surface area contributed by atoms with E-state index in [1.165, 1.54) is 0 Å². The maximum Gasteiger partial charge on any atom is 0.219 e. The molecule has 1 heterocycles. The first-order chi connectivity index (χ1) is 7.33. The summed E-state index contributed by atoms with van der Waals surface area (Å²) in [7, 11) is 1.68. The van der Waals surface area contributed by atoms with Crippen molar-refractivity contribution in [3.8, 4) is 0 Å². The third-order valence-electron chi connectivity index (χ3n) is 2.35. The molecule has 0 atom stereocenters. The minimum atomic E-state index is 0.135. The molecule has 1 amide bonds. The van der Waals surface area contributed by atoms with Crippen LogP contribution in [0.25, 0.3) is 0 Å². The number of aryl methyl sites for hydroxylation is 1. The van der Waals surface area contributed by atoms with Crippen molar-refractivity contribution in [1.82, 2.24) is 15.3 Å². The van der Waals surface area contributed by atoms with Gasteiger partial charge in [-0.3, -0.25) is 4.79 Å². The highest BCUT2D eigenvalue weighted by atomic mass is 16.1. The Kier molecular flexibility index (Phi) is 5.51. The zero-order valence-corrected chi connectivity index (χ0v) is 9.18. The summed E-state index contributed by atoms with van der Waals surface area (Å²) in [5, 5.41) is 2.62. The molecule has 0 aromatic carbocycles. The van der Waals surface area contributed by atoms with Gasteiger partial charge >= 0.3 is 0 Å². The lowest BCUT2D eigenvalue weighted by atomic mass is 10.1. The number of aromatic nitrogens is 2. The summed E-state index contributed by atoms with van der Waals surface area (Å²) < 4.78 is 0. The first kappa shape index (κ1) is 11.8. The van der Waals surface area contributed by atoms with Crippen LogP contribution in [0.1, 0.15) is 37.9 Å². The summed E-state index contributed by atoms with van der Waals surface area (Å²) in [5.41, 5.74) is 0. The van der Waals surface area contributed by atoms with Crippen LogP contribution in [0.15, 0.2) is 6.20 Å². The standard InChI is InChI=1S/C11H18N3O/c1-12-11(15)7-5-3-2-4-6-10-13-8-9-14-10/h8H,2-7H2,1H3,(H,12,15)(H,13,14). The summed E-state index contributed by atoms with van der Waals surface area (Å²) in [6.07, 6.45) is 10.4. The highest BCUT2D eigenvalue weighted by molar-refractivity contribution is 5.75. The summed E-state index contributed by atoms with van der Waals surface area (Å²) >= 11 is 0. The van der Waals surface area contributed by atoms with E-state index in [1.807, 2.05) is 0 Å². The van der Waals surface area contributed by atoms with Gasteiger partial charge in [0.1, 0.15) is 12.0 Å². The van der Waals surface area contributed by atoms with Crippen molar-refractivity contribution < 1.29 is 4.79 Å². The lowest BCUT2D eigenvalue weighted by molar-refractivity contribution is -0.120. The highest BCUT2D eigenvalue weighted by Gasteiger charge is 1.98. The predicted molar refractivity (Wildman–Crippen MR) is 58.3 cm³/mol. The molecule has 0 saturated carbocycles. The topological polar surface area (TPSA) is 57.8 Å². The Morgan fingerprint density at radius 2 is 2.27 bits per heavy atom. The molecule has 0 unspecified atom stereocenters. The number of carbonyl (C=O) groups excluding carboxylic acids is 1. The second-order valence-electron chi connectivity index (χ2n) is 3.56. The van der Waals surface area contributed by atoms with Crippen molar-refractivity contribution in [1.29, 1.82) is 0 Å². The fourth-order valence-corrected chi connectivity index (χ4v) is 1.44. The van der Waals surface area contributed by atoms with Gasteiger partial charge in [0.2, 0.25) is 5.91 Å². The van der Waals surface area contributed by atoms with Crippen LogP contribution in [0.5, 0.6) is 0 Å². The third-order valence-corrected chi connectivity index (χ3v) is 2.35. The Hall–Kier alpha value is -1.32. The first-order valence-corrected chi connectivity index (χ1v) is 5.44. The number of imidazole rings is 1. The van der Waals surface area contributed by atoms with E-state index in [2.05, 4.69) is 21.5 Å². The van der Waals surface area contributed by atoms with Gasteiger partial charge in [-0.05, 0) is 12.8 Å². The van der Waals surface area contributed by atoms with Gasteiger partial charge in [-0.25, -0.2) is 4.98 Å². The molecule has 0 aliphatic carbocycles. The molecule has 1 aromatic rings. The van der Waals surface area contributed by atoms with Crippen molar-refractivity contribution in [2.24, 2.45) is 0 Å². The van der Waals surface area contributed by atoms with Gasteiger partial charge in [-0.1, -0.05) is 12.8 Å². The first-order valence-electron chi connectivity index (χ1n) is 5.44. The number of nitrogens with one attached hydrogen (secondary N) is 2. The van der Waals surface area contributed by atoms with Gasteiger partial charge in [0.25, 0.3) is 0 Å². The van der Waals surface area contributed by atoms with Crippen LogP contribution in [0.2, 0.25) is 0 Å². The smallest absolute Gasteiger partial charge is 0.219 e. The molecule has 15 heavy (non-hydrogen) atoms. The van der Waals surface area contributed by atoms with Crippen LogP contribution in [0, 0.1) is 6.20 Å². The summed E-state index contributed by atoms with van der Waals surface area (Å²) in [5.74, 6) is 1.14. The largest absolute Gasteiger partial charge is 0.359 e. The normalized spacial score (nSPS) is 10.2. The quantitative estimate of drug-likeness (QED) is 0.666. The number of aromatic amines is 1. The second-order valence-corrected chi connectivity index (χ2v) is 3.56. The van der Waals surface area contributed by atoms with Crippen LogP contribution >= 0.6 is 0 Å². The lowest BCUT2D eigenvalue weighted by Crippen LogP contribution is -2.16. The van der Waals surface area contributed by atoms with Crippen LogP contribution in [-0.2, 0) is 11.2 Å². The minimum Gasteiger partial charge on any atom is -0.359 e. The van der Waals surface area contributed by atoms with Crippen molar-refractivity contribution >= 4 is 5.91 Å². The number of H-pyrrole nitrogens is 1. The molecule has 83 valence electrons. The highest BCUT2D eigenvalue weighted by Crippen LogP contribution is 2.05. The number of unbranched alkanes of at least 4 members (excludes halogenated alkanes) is 3. The molecule has 0 aliphatic rings. The average Bonchev–Trinajstić information content (AvgIpc) is 2.75. The van der Waals surface area contributed by atoms with Crippen molar-refractivity contribution in [3.05, 3.63) is 18.2 Å². The fourth-order valence-electron chi connectivity index (χ4n) is 1.44. The molecule has 0 saturated heterocycles. The van der Waals surface area contributed by atoms with Crippen LogP contribution in [0.4, 0.5) is 0 Å². The summed E-state index contributed by atoms with van der Waals surface area (Å²) in [6, 6.07) is 0. The number of rotatable bonds is 7. The molecule has 4 nitrogen and oxygen atoms in total. The van der Waals surface area contributed by atoms with E-state index in [0.29, 0.717) is 6.42 Å². The van der Waals surface area contributed by atoms with Gasteiger partial charge < -0.3 is 10.3 Å². The predicted octanol–water partition coefficient (Wildman–Crippen LogP) is 1.45. The zero-order chi connectivity index (χ0) is 10.9. The van der Waals surface area contributed by atoms with Crippen molar-refractivity contribution in [2.45, 2.75) is 38.5 Å². The van der Waals surface area contributed by atoms with E-state index in [0.717, 1.165) is 37.9 Å². The van der Waals surface area contributed by atoms with E-state index < -0.39 is 0 Å². The van der Waals surface area contributed by atoms with E-state index >= 15 is 0 Å². The van der Waals surface area contributed by atoms with E-state index in [4.69, 9.17) is 0 Å². The number of nitrogens with zero attached hydrogens (tertiary/aromatic N) is 1. The second kappa shape index (κ2) is 7.04. The maximum absolute atomic E-state index is 10.9. The molecular formula is C11H18N3O. The molecule has 0 aliphatic heterocycles. The minimum absolute atomic E-state index is 0.135. The van der Waals surface area contributed by atoms with Crippen LogP contribution < -0.4 is 5.32 Å². The van der Waals surface area contributed by atoms with Gasteiger partial charge in [-0.2, -0.15) is 0 Å². The molecule has 0 bridgehead atoms. The van der Waals surface area contributed by atoms with Gasteiger partial charge in [-0.15, -0.1) is 0 Å². The third kappa shape index (κ3) is 5.20. The molecule has 4 heteroatoms. The molecule has 0 fully saturated rings. The Labute approximate surface area is 90.5 Å². The SMILES string of the molecule is CNC(=O)CCCCCCc1n[c]c[nH]1. The molecule has 0 spiro atoms. The maximum atomic E-state index is 10.9. The van der Waals surface area contributed by atoms with Gasteiger partial charge in [0.05, 0.1) is 0 Å². The number of hydrogen-bond donors (Lipinski definition) is 2. The Morgan fingerprint density at radius 3 is 2.93 bits per heavy atom. The van der Waals surface area contributed by atoms with E-state index in [1.54, 1.807) is 13.2 Å². The van der Waals surface area contributed by atoms with E-state index in [-0.39, 0.29) is 5.91 Å². The Morgan fingerprint density at radius 1 is 1.47 bits per heavy atom.